The van der Waals surface area contributed by atoms with Crippen molar-refractivity contribution in [3.05, 3.63) is 74.8 Å². The standard InChI is InChI=1S/C26H30Cl2N4O4/c1-17-4-5-18(2)32(17)13-10-30-8-11-31(12-9-30)25(33)23-24(20(26(34)35)15-29(23)3)36-16-19-6-7-21(27)22(28)14-19/h4-7,14-15H,8-13,16H2,1-3H3,(H,34,35). The van der Waals surface area contributed by atoms with E-state index in [1.807, 2.05) is 0 Å². The van der Waals surface area contributed by atoms with Crippen molar-refractivity contribution < 1.29 is 19.4 Å². The molecule has 1 aliphatic rings. The highest BCUT2D eigenvalue weighted by atomic mass is 35.5. The number of hydrogen-bond acceptors (Lipinski definition) is 4. The fourth-order valence-electron chi connectivity index (χ4n) is 4.55. The van der Waals surface area contributed by atoms with Crippen LogP contribution in [0.1, 0.15) is 37.8 Å². The van der Waals surface area contributed by atoms with Gasteiger partial charge in [0.05, 0.1) is 10.0 Å². The first kappa shape index (κ1) is 26.1. The summed E-state index contributed by atoms with van der Waals surface area (Å²) in [6.45, 7) is 8.69. The minimum Gasteiger partial charge on any atom is -0.486 e. The van der Waals surface area contributed by atoms with E-state index in [9.17, 15) is 14.7 Å². The molecule has 192 valence electrons. The summed E-state index contributed by atoms with van der Waals surface area (Å²) in [7, 11) is 1.66. The number of aromatic nitrogens is 2. The van der Waals surface area contributed by atoms with Gasteiger partial charge in [-0.15, -0.1) is 0 Å². The lowest BCUT2D eigenvalue weighted by Crippen LogP contribution is -2.49. The first-order valence-electron chi connectivity index (χ1n) is 11.8. The number of benzene rings is 1. The summed E-state index contributed by atoms with van der Waals surface area (Å²) in [6.07, 6.45) is 1.41. The summed E-state index contributed by atoms with van der Waals surface area (Å²) >= 11 is 12.1. The van der Waals surface area contributed by atoms with Crippen LogP contribution in [0.2, 0.25) is 10.0 Å². The van der Waals surface area contributed by atoms with Crippen molar-refractivity contribution in [2.24, 2.45) is 7.05 Å². The highest BCUT2D eigenvalue weighted by Gasteiger charge is 2.30. The Morgan fingerprint density at radius 2 is 1.64 bits per heavy atom. The minimum absolute atomic E-state index is 0.0491. The highest BCUT2D eigenvalue weighted by Crippen LogP contribution is 2.30. The second kappa shape index (κ2) is 11.0. The number of rotatable bonds is 8. The predicted molar refractivity (Wildman–Crippen MR) is 139 cm³/mol. The summed E-state index contributed by atoms with van der Waals surface area (Å²) in [5.41, 5.74) is 3.36. The zero-order chi connectivity index (χ0) is 26.0. The molecule has 1 aromatic carbocycles. The molecule has 1 fully saturated rings. The number of carbonyl (C=O) groups excluding carboxylic acids is 1. The molecule has 10 heteroatoms. The van der Waals surface area contributed by atoms with E-state index in [2.05, 4.69) is 35.4 Å². The summed E-state index contributed by atoms with van der Waals surface area (Å²) in [4.78, 5) is 29.5. The van der Waals surface area contributed by atoms with Gasteiger partial charge in [-0.3, -0.25) is 9.69 Å². The van der Waals surface area contributed by atoms with Crippen molar-refractivity contribution in [3.63, 3.8) is 0 Å². The molecule has 1 amide bonds. The van der Waals surface area contributed by atoms with Gasteiger partial charge in [0.2, 0.25) is 0 Å². The van der Waals surface area contributed by atoms with Crippen LogP contribution in [-0.4, -0.2) is 68.6 Å². The molecule has 0 atom stereocenters. The van der Waals surface area contributed by atoms with E-state index in [1.165, 1.54) is 22.2 Å². The lowest BCUT2D eigenvalue weighted by atomic mass is 10.2. The molecule has 1 saturated heterocycles. The molecule has 0 unspecified atom stereocenters. The summed E-state index contributed by atoms with van der Waals surface area (Å²) < 4.78 is 9.73. The SMILES string of the molecule is Cc1ccc(C)n1CCN1CCN(C(=O)c2c(OCc3ccc(Cl)c(Cl)c3)c(C(=O)O)cn2C)CC1. The topological polar surface area (TPSA) is 79.9 Å². The molecule has 0 bridgehead atoms. The van der Waals surface area contributed by atoms with E-state index < -0.39 is 5.97 Å². The molecule has 0 aliphatic carbocycles. The van der Waals surface area contributed by atoms with Gasteiger partial charge < -0.3 is 23.9 Å². The number of halogens is 2. The average Bonchev–Trinajstić information content (AvgIpc) is 3.36. The highest BCUT2D eigenvalue weighted by molar-refractivity contribution is 6.42. The number of hydrogen-bond donors (Lipinski definition) is 1. The van der Waals surface area contributed by atoms with Crippen molar-refractivity contribution in [2.75, 3.05) is 32.7 Å². The van der Waals surface area contributed by atoms with Crippen LogP contribution in [0, 0.1) is 13.8 Å². The number of aryl methyl sites for hydroxylation is 3. The molecule has 4 rings (SSSR count). The van der Waals surface area contributed by atoms with Gasteiger partial charge in [0, 0.05) is 63.9 Å². The summed E-state index contributed by atoms with van der Waals surface area (Å²) in [6, 6.07) is 9.30. The van der Waals surface area contributed by atoms with Crippen LogP contribution in [0.15, 0.2) is 36.5 Å². The van der Waals surface area contributed by atoms with E-state index in [0.717, 1.165) is 26.2 Å². The van der Waals surface area contributed by atoms with Crippen LogP contribution < -0.4 is 4.74 Å². The van der Waals surface area contributed by atoms with Gasteiger partial charge in [-0.2, -0.15) is 0 Å². The zero-order valence-corrected chi connectivity index (χ0v) is 22.1. The van der Waals surface area contributed by atoms with Crippen LogP contribution >= 0.6 is 23.2 Å². The Morgan fingerprint density at radius 3 is 2.25 bits per heavy atom. The van der Waals surface area contributed by atoms with E-state index in [1.54, 1.807) is 30.1 Å². The Bertz CT molecular complexity index is 1260. The van der Waals surface area contributed by atoms with Crippen molar-refractivity contribution in [1.82, 2.24) is 18.9 Å². The monoisotopic (exact) mass is 532 g/mol. The van der Waals surface area contributed by atoms with Gasteiger partial charge in [-0.25, -0.2) is 4.79 Å². The predicted octanol–water partition coefficient (Wildman–Crippen LogP) is 4.49. The number of aromatic carboxylic acids is 1. The first-order valence-corrected chi connectivity index (χ1v) is 12.5. The molecule has 0 spiro atoms. The molecule has 2 aromatic heterocycles. The smallest absolute Gasteiger partial charge is 0.341 e. The van der Waals surface area contributed by atoms with Crippen molar-refractivity contribution in [2.45, 2.75) is 27.0 Å². The molecule has 3 heterocycles. The quantitative estimate of drug-likeness (QED) is 0.462. The van der Waals surface area contributed by atoms with E-state index in [-0.39, 0.29) is 29.5 Å². The second-order valence-electron chi connectivity index (χ2n) is 9.08. The van der Waals surface area contributed by atoms with Gasteiger partial charge in [0.25, 0.3) is 5.91 Å². The number of carboxylic acid groups (broad SMARTS) is 1. The molecular weight excluding hydrogens is 503 g/mol. The fourth-order valence-corrected chi connectivity index (χ4v) is 4.87. The molecule has 8 nitrogen and oxygen atoms in total. The van der Waals surface area contributed by atoms with E-state index in [4.69, 9.17) is 27.9 Å². The number of nitrogens with zero attached hydrogens (tertiary/aromatic N) is 4. The minimum atomic E-state index is -1.16. The van der Waals surface area contributed by atoms with Crippen molar-refractivity contribution in [3.8, 4) is 5.75 Å². The van der Waals surface area contributed by atoms with E-state index >= 15 is 0 Å². The summed E-state index contributed by atoms with van der Waals surface area (Å²) in [5, 5.41) is 10.5. The number of carbonyl (C=O) groups is 2. The third-order valence-electron chi connectivity index (χ3n) is 6.65. The Labute approximate surface area is 220 Å². The van der Waals surface area contributed by atoms with Gasteiger partial charge in [-0.1, -0.05) is 29.3 Å². The molecule has 1 aliphatic heterocycles. The number of piperazine rings is 1. The van der Waals surface area contributed by atoms with Gasteiger partial charge >= 0.3 is 5.97 Å². The number of ether oxygens (including phenoxy) is 1. The Balaban J connectivity index is 1.44. The van der Waals surface area contributed by atoms with Crippen LogP contribution in [0.3, 0.4) is 0 Å². The van der Waals surface area contributed by atoms with Crippen LogP contribution in [0.4, 0.5) is 0 Å². The second-order valence-corrected chi connectivity index (χ2v) is 9.89. The number of amides is 1. The molecule has 1 N–H and O–H groups in total. The maximum Gasteiger partial charge on any atom is 0.341 e. The lowest BCUT2D eigenvalue weighted by molar-refractivity contribution is 0.0619. The third kappa shape index (κ3) is 5.56. The molecule has 3 aromatic rings. The molecule has 0 saturated carbocycles. The molecule has 0 radical (unpaired) electrons. The molecule has 36 heavy (non-hydrogen) atoms. The number of carboxylic acids is 1. The largest absolute Gasteiger partial charge is 0.486 e. The molecular formula is C26H30Cl2N4O4. The fraction of sp³-hybridized carbons (Fsp3) is 0.385. The first-order chi connectivity index (χ1) is 17.2. The Hall–Kier alpha value is -2.94. The van der Waals surface area contributed by atoms with Crippen LogP contribution in [0.25, 0.3) is 0 Å². The van der Waals surface area contributed by atoms with Gasteiger partial charge in [0.1, 0.15) is 12.2 Å². The summed E-state index contributed by atoms with van der Waals surface area (Å²) in [5.74, 6) is -1.35. The zero-order valence-electron chi connectivity index (χ0n) is 20.6. The van der Waals surface area contributed by atoms with Crippen LogP contribution in [0.5, 0.6) is 5.75 Å². The lowest BCUT2D eigenvalue weighted by Gasteiger charge is -2.35. The van der Waals surface area contributed by atoms with Gasteiger partial charge in [0.15, 0.2) is 11.4 Å². The van der Waals surface area contributed by atoms with Crippen molar-refractivity contribution >= 4 is 35.1 Å². The van der Waals surface area contributed by atoms with Crippen LogP contribution in [-0.2, 0) is 20.2 Å². The third-order valence-corrected chi connectivity index (χ3v) is 7.39. The maximum atomic E-state index is 13.5. The van der Waals surface area contributed by atoms with Gasteiger partial charge in [-0.05, 0) is 43.7 Å². The average molecular weight is 533 g/mol. The maximum absolute atomic E-state index is 13.5. The Morgan fingerprint density at radius 1 is 0.972 bits per heavy atom. The van der Waals surface area contributed by atoms with E-state index in [0.29, 0.717) is 28.7 Å². The van der Waals surface area contributed by atoms with Crippen molar-refractivity contribution in [1.29, 1.82) is 0 Å². The Kier molecular flexibility index (Phi) is 7.97. The normalized spacial score (nSPS) is 14.3.